The van der Waals surface area contributed by atoms with Crippen molar-refractivity contribution in [3.63, 3.8) is 0 Å². The van der Waals surface area contributed by atoms with Crippen LogP contribution in [0.25, 0.3) is 11.1 Å². The number of amides is 1. The Morgan fingerprint density at radius 3 is 3.00 bits per heavy atom. The zero-order chi connectivity index (χ0) is 16.8. The lowest BCUT2D eigenvalue weighted by molar-refractivity contribution is -0.140. The van der Waals surface area contributed by atoms with Crippen LogP contribution >= 0.6 is 11.3 Å². The Labute approximate surface area is 149 Å². The van der Waals surface area contributed by atoms with Crippen LogP contribution in [0.15, 0.2) is 39.6 Å². The van der Waals surface area contributed by atoms with E-state index in [9.17, 15) is 4.79 Å². The highest BCUT2D eigenvalue weighted by Gasteiger charge is 2.41. The van der Waals surface area contributed by atoms with Crippen molar-refractivity contribution in [1.29, 1.82) is 0 Å². The number of hydrogen-bond acceptors (Lipinski definition) is 6. The van der Waals surface area contributed by atoms with Crippen LogP contribution in [0.4, 0.5) is 6.01 Å². The molecule has 3 aliphatic heterocycles. The molecular formula is C18H18N4O2S. The molecule has 6 nitrogen and oxygen atoms in total. The van der Waals surface area contributed by atoms with Gasteiger partial charge in [0.2, 0.25) is 5.91 Å². The molecule has 1 amide bonds. The number of hydrogen-bond donors (Lipinski definition) is 0. The zero-order valence-corrected chi connectivity index (χ0v) is 14.5. The van der Waals surface area contributed by atoms with Gasteiger partial charge in [-0.05, 0) is 25.0 Å². The molecule has 128 valence electrons. The summed E-state index contributed by atoms with van der Waals surface area (Å²) < 4.78 is 5.94. The van der Waals surface area contributed by atoms with Crippen LogP contribution in [0.2, 0.25) is 0 Å². The lowest BCUT2D eigenvalue weighted by Crippen LogP contribution is -2.47. The first kappa shape index (κ1) is 14.9. The van der Waals surface area contributed by atoms with E-state index in [-0.39, 0.29) is 17.9 Å². The van der Waals surface area contributed by atoms with Crippen LogP contribution in [0.1, 0.15) is 18.5 Å². The first-order chi connectivity index (χ1) is 12.3. The summed E-state index contributed by atoms with van der Waals surface area (Å²) in [5.41, 5.74) is 4.44. The number of oxazole rings is 1. The second-order valence-corrected chi connectivity index (χ2v) is 7.46. The average Bonchev–Trinajstić information content (AvgIpc) is 3.21. The maximum Gasteiger partial charge on any atom is 0.298 e. The van der Waals surface area contributed by atoms with E-state index >= 15 is 0 Å². The van der Waals surface area contributed by atoms with Crippen molar-refractivity contribution >= 4 is 34.4 Å². The molecular weight excluding hydrogens is 336 g/mol. The monoisotopic (exact) mass is 354 g/mol. The van der Waals surface area contributed by atoms with Crippen LogP contribution in [-0.4, -0.2) is 39.9 Å². The predicted octanol–water partition coefficient (Wildman–Crippen LogP) is 2.91. The summed E-state index contributed by atoms with van der Waals surface area (Å²) >= 11 is 1.57. The minimum atomic E-state index is 0.00685. The number of aromatic nitrogens is 2. The number of benzene rings is 1. The van der Waals surface area contributed by atoms with E-state index in [1.807, 2.05) is 40.1 Å². The molecule has 3 aromatic rings. The number of anilines is 1. The van der Waals surface area contributed by atoms with Crippen molar-refractivity contribution in [2.45, 2.75) is 25.4 Å². The van der Waals surface area contributed by atoms with Crippen LogP contribution in [0.5, 0.6) is 0 Å². The zero-order valence-electron chi connectivity index (χ0n) is 13.7. The maximum absolute atomic E-state index is 12.9. The van der Waals surface area contributed by atoms with E-state index < -0.39 is 0 Å². The van der Waals surface area contributed by atoms with E-state index in [0.29, 0.717) is 19.1 Å². The SMILES string of the molecule is O=C1[C@H]2CC[C@H](CN(c3nc4ccccc4o3)C2)N1Cc1cscn1. The lowest BCUT2D eigenvalue weighted by Gasteiger charge is -2.35. The minimum absolute atomic E-state index is 0.00685. The number of para-hydroxylation sites is 2. The summed E-state index contributed by atoms with van der Waals surface area (Å²) in [7, 11) is 0. The second kappa shape index (κ2) is 5.84. The van der Waals surface area contributed by atoms with Gasteiger partial charge in [0.25, 0.3) is 6.01 Å². The fourth-order valence-corrected chi connectivity index (χ4v) is 4.44. The molecule has 2 bridgehead atoms. The van der Waals surface area contributed by atoms with Gasteiger partial charge >= 0.3 is 0 Å². The lowest BCUT2D eigenvalue weighted by atomic mass is 9.94. The Morgan fingerprint density at radius 2 is 2.16 bits per heavy atom. The van der Waals surface area contributed by atoms with Crippen molar-refractivity contribution in [2.75, 3.05) is 18.0 Å². The molecule has 0 saturated carbocycles. The summed E-state index contributed by atoms with van der Waals surface area (Å²) in [6, 6.07) is 8.60. The standard InChI is InChI=1S/C18H18N4O2S/c23-17-12-5-6-14(22(17)8-13-10-25-11-19-13)9-21(7-12)18-20-15-3-1-2-4-16(15)24-18/h1-4,10-12,14H,5-9H2/t12-,14+/m0/s1. The molecule has 3 fully saturated rings. The molecule has 0 spiro atoms. The largest absolute Gasteiger partial charge is 0.423 e. The molecule has 2 aromatic heterocycles. The maximum atomic E-state index is 12.9. The molecule has 2 atom stereocenters. The number of nitrogens with zero attached hydrogens (tertiary/aromatic N) is 4. The number of carbonyl (C=O) groups is 1. The minimum Gasteiger partial charge on any atom is -0.423 e. The number of rotatable bonds is 3. The van der Waals surface area contributed by atoms with Gasteiger partial charge in [-0.25, -0.2) is 4.98 Å². The molecule has 0 N–H and O–H groups in total. The third-order valence-electron chi connectivity index (χ3n) is 5.16. The number of piperidine rings is 1. The third-order valence-corrected chi connectivity index (χ3v) is 5.80. The summed E-state index contributed by atoms with van der Waals surface area (Å²) in [4.78, 5) is 26.0. The molecule has 0 aliphatic carbocycles. The highest BCUT2D eigenvalue weighted by atomic mass is 32.1. The highest BCUT2D eigenvalue weighted by molar-refractivity contribution is 7.07. The van der Waals surface area contributed by atoms with Gasteiger partial charge in [-0.15, -0.1) is 11.3 Å². The van der Waals surface area contributed by atoms with Crippen LogP contribution < -0.4 is 4.90 Å². The third kappa shape index (κ3) is 2.59. The van der Waals surface area contributed by atoms with Crippen molar-refractivity contribution in [3.05, 3.63) is 40.8 Å². The Kier molecular flexibility index (Phi) is 3.48. The Morgan fingerprint density at radius 1 is 1.24 bits per heavy atom. The summed E-state index contributed by atoms with van der Waals surface area (Å²) in [5, 5.41) is 2.02. The molecule has 6 rings (SSSR count). The Balaban J connectivity index is 1.44. The van der Waals surface area contributed by atoms with E-state index in [0.717, 1.165) is 36.2 Å². The van der Waals surface area contributed by atoms with Crippen molar-refractivity contribution in [1.82, 2.24) is 14.9 Å². The normalized spacial score (nSPS) is 23.4. The number of thiazole rings is 1. The van der Waals surface area contributed by atoms with Gasteiger partial charge in [0.15, 0.2) is 5.58 Å². The summed E-state index contributed by atoms with van der Waals surface area (Å²) in [5.74, 6) is 0.246. The van der Waals surface area contributed by atoms with Gasteiger partial charge in [0.05, 0.1) is 23.7 Å². The fraction of sp³-hybridized carbons (Fsp3) is 0.389. The number of carbonyl (C=O) groups excluding carboxylic acids is 1. The van der Waals surface area contributed by atoms with Crippen molar-refractivity contribution in [3.8, 4) is 0 Å². The first-order valence-electron chi connectivity index (χ1n) is 8.56. The van der Waals surface area contributed by atoms with Crippen molar-refractivity contribution < 1.29 is 9.21 Å². The summed E-state index contributed by atoms with van der Waals surface area (Å²) in [6.07, 6.45) is 1.96. The van der Waals surface area contributed by atoms with Gasteiger partial charge in [0, 0.05) is 24.5 Å². The van der Waals surface area contributed by atoms with Gasteiger partial charge < -0.3 is 14.2 Å². The molecule has 3 saturated heterocycles. The fourth-order valence-electron chi connectivity index (χ4n) is 3.89. The molecule has 1 aromatic carbocycles. The van der Waals surface area contributed by atoms with E-state index in [1.54, 1.807) is 11.3 Å². The number of fused-ring (bicyclic) bond motifs is 5. The van der Waals surface area contributed by atoms with Gasteiger partial charge in [0.1, 0.15) is 5.52 Å². The van der Waals surface area contributed by atoms with E-state index in [2.05, 4.69) is 14.9 Å². The molecule has 25 heavy (non-hydrogen) atoms. The topological polar surface area (TPSA) is 62.5 Å². The first-order valence-corrected chi connectivity index (χ1v) is 9.50. The van der Waals surface area contributed by atoms with Gasteiger partial charge in [-0.2, -0.15) is 4.98 Å². The Hall–Kier alpha value is -2.41. The van der Waals surface area contributed by atoms with Crippen molar-refractivity contribution in [2.24, 2.45) is 5.92 Å². The Bertz CT molecular complexity index is 874. The molecule has 5 heterocycles. The van der Waals surface area contributed by atoms with E-state index in [4.69, 9.17) is 4.42 Å². The van der Waals surface area contributed by atoms with Gasteiger partial charge in [-0.3, -0.25) is 4.79 Å². The molecule has 0 radical (unpaired) electrons. The van der Waals surface area contributed by atoms with E-state index in [1.165, 1.54) is 0 Å². The molecule has 0 unspecified atom stereocenters. The quantitative estimate of drug-likeness (QED) is 0.724. The van der Waals surface area contributed by atoms with Crippen LogP contribution in [-0.2, 0) is 11.3 Å². The van der Waals surface area contributed by atoms with Crippen LogP contribution in [0.3, 0.4) is 0 Å². The smallest absolute Gasteiger partial charge is 0.298 e. The van der Waals surface area contributed by atoms with Crippen LogP contribution in [0, 0.1) is 5.92 Å². The highest BCUT2D eigenvalue weighted by Crippen LogP contribution is 2.33. The average molecular weight is 354 g/mol. The molecule has 7 heteroatoms. The molecule has 3 aliphatic rings. The summed E-state index contributed by atoms with van der Waals surface area (Å²) in [6.45, 7) is 2.04. The van der Waals surface area contributed by atoms with Gasteiger partial charge in [-0.1, -0.05) is 12.1 Å². The second-order valence-electron chi connectivity index (χ2n) is 6.74. The predicted molar refractivity (Wildman–Crippen MR) is 95.4 cm³/mol.